The van der Waals surface area contributed by atoms with Gasteiger partial charge in [-0.2, -0.15) is 0 Å². The second-order valence-electron chi connectivity index (χ2n) is 7.11. The molecule has 5 nitrogen and oxygen atoms in total. The summed E-state index contributed by atoms with van der Waals surface area (Å²) in [4.78, 5) is 17.7. The van der Waals surface area contributed by atoms with Crippen molar-refractivity contribution in [1.29, 1.82) is 5.41 Å². The van der Waals surface area contributed by atoms with Crippen LogP contribution in [0.3, 0.4) is 0 Å². The molecule has 2 heterocycles. The zero-order chi connectivity index (χ0) is 19.6. The largest absolute Gasteiger partial charge is 0.355 e. The Labute approximate surface area is 162 Å². The quantitative estimate of drug-likeness (QED) is 0.549. The number of nitrogens with one attached hydrogen (secondary N) is 3. The molecule has 1 aliphatic carbocycles. The van der Waals surface area contributed by atoms with E-state index in [4.69, 9.17) is 5.41 Å². The first-order valence-corrected chi connectivity index (χ1v) is 9.26. The highest BCUT2D eigenvalue weighted by atomic mass is 19.1. The fourth-order valence-corrected chi connectivity index (χ4v) is 3.93. The molecule has 142 valence electrons. The highest BCUT2D eigenvalue weighted by Gasteiger charge is 2.46. The molecule has 1 aliphatic heterocycles. The standard InChI is InChI=1S/C22H21FN4O/c23-17-4-6-18(7-5-17)27-20-11-16-8-10-25-14-22(16,12-15(20)13-24)21(28)19-3-1-2-9-26-19/h1-7,9,11,13,24-25,27H,8,10,12,14H2. The van der Waals surface area contributed by atoms with Crippen molar-refractivity contribution in [2.75, 3.05) is 18.4 Å². The van der Waals surface area contributed by atoms with E-state index in [0.29, 0.717) is 18.7 Å². The maximum Gasteiger partial charge on any atom is 0.192 e. The van der Waals surface area contributed by atoms with E-state index in [9.17, 15) is 9.18 Å². The topological polar surface area (TPSA) is 77.9 Å². The van der Waals surface area contributed by atoms with Crippen molar-refractivity contribution in [3.8, 4) is 0 Å². The van der Waals surface area contributed by atoms with Gasteiger partial charge in [-0.3, -0.25) is 9.78 Å². The molecule has 0 spiro atoms. The van der Waals surface area contributed by atoms with Gasteiger partial charge >= 0.3 is 0 Å². The Kier molecular flexibility index (Phi) is 4.88. The number of hydrogen-bond acceptors (Lipinski definition) is 5. The normalized spacial score (nSPS) is 21.5. The summed E-state index contributed by atoms with van der Waals surface area (Å²) in [7, 11) is 0. The minimum atomic E-state index is -0.729. The molecule has 4 rings (SSSR count). The molecule has 0 bridgehead atoms. The Morgan fingerprint density at radius 3 is 2.79 bits per heavy atom. The lowest BCUT2D eigenvalue weighted by Crippen LogP contribution is -2.49. The number of rotatable bonds is 5. The van der Waals surface area contributed by atoms with E-state index in [1.807, 2.05) is 12.1 Å². The monoisotopic (exact) mass is 376 g/mol. The van der Waals surface area contributed by atoms with Crippen LogP contribution in [0.1, 0.15) is 23.3 Å². The van der Waals surface area contributed by atoms with E-state index < -0.39 is 5.41 Å². The van der Waals surface area contributed by atoms with E-state index in [-0.39, 0.29) is 11.6 Å². The third-order valence-corrected chi connectivity index (χ3v) is 5.40. The van der Waals surface area contributed by atoms with Crippen LogP contribution in [0.4, 0.5) is 10.1 Å². The van der Waals surface area contributed by atoms with Gasteiger partial charge in [0.2, 0.25) is 0 Å². The van der Waals surface area contributed by atoms with Crippen LogP contribution in [-0.4, -0.2) is 30.1 Å². The molecule has 6 heteroatoms. The summed E-state index contributed by atoms with van der Waals surface area (Å²) in [5.41, 5.74) is 3.01. The molecule has 1 aromatic carbocycles. The molecule has 1 fully saturated rings. The van der Waals surface area contributed by atoms with Crippen LogP contribution < -0.4 is 10.6 Å². The highest BCUT2D eigenvalue weighted by molar-refractivity contribution is 6.03. The number of allylic oxidation sites excluding steroid dienone is 2. The van der Waals surface area contributed by atoms with Gasteiger partial charge in [0.15, 0.2) is 5.78 Å². The number of Topliss-reactive ketones (excluding diaryl/α,β-unsaturated/α-hetero) is 1. The second kappa shape index (κ2) is 7.48. The number of halogens is 1. The molecule has 3 N–H and O–H groups in total. The summed E-state index contributed by atoms with van der Waals surface area (Å²) >= 11 is 0. The second-order valence-corrected chi connectivity index (χ2v) is 7.11. The first-order chi connectivity index (χ1) is 13.6. The van der Waals surface area contributed by atoms with Crippen molar-refractivity contribution >= 4 is 17.7 Å². The number of ketones is 1. The van der Waals surface area contributed by atoms with Crippen LogP contribution in [0.15, 0.2) is 71.6 Å². The number of benzene rings is 1. The fourth-order valence-electron chi connectivity index (χ4n) is 3.93. The maximum atomic E-state index is 13.4. The summed E-state index contributed by atoms with van der Waals surface area (Å²) in [5, 5.41) is 14.5. The first-order valence-electron chi connectivity index (χ1n) is 9.26. The van der Waals surface area contributed by atoms with Crippen molar-refractivity contribution in [2.45, 2.75) is 12.8 Å². The van der Waals surface area contributed by atoms with Crippen LogP contribution in [0.2, 0.25) is 0 Å². The van der Waals surface area contributed by atoms with Crippen molar-refractivity contribution in [2.24, 2.45) is 5.41 Å². The van der Waals surface area contributed by atoms with Gasteiger partial charge in [-0.05, 0) is 67.4 Å². The van der Waals surface area contributed by atoms with Crippen molar-refractivity contribution in [3.63, 3.8) is 0 Å². The van der Waals surface area contributed by atoms with Gasteiger partial charge in [0, 0.05) is 30.3 Å². The molecule has 2 aromatic rings. The van der Waals surface area contributed by atoms with Crippen LogP contribution in [0, 0.1) is 16.6 Å². The van der Waals surface area contributed by atoms with Crippen LogP contribution in [-0.2, 0) is 0 Å². The third kappa shape index (κ3) is 3.27. The molecule has 1 atom stereocenters. The lowest BCUT2D eigenvalue weighted by Gasteiger charge is -2.42. The number of carbonyl (C=O) groups excluding carboxylic acids is 1. The summed E-state index contributed by atoms with van der Waals surface area (Å²) in [6.07, 6.45) is 6.07. The van der Waals surface area contributed by atoms with Crippen LogP contribution >= 0.6 is 0 Å². The molecule has 1 saturated heterocycles. The lowest BCUT2D eigenvalue weighted by molar-refractivity contribution is 0.0812. The van der Waals surface area contributed by atoms with Crippen LogP contribution in [0.25, 0.3) is 0 Å². The fraction of sp³-hybridized carbons (Fsp3) is 0.227. The lowest BCUT2D eigenvalue weighted by atomic mass is 9.65. The molecular weight excluding hydrogens is 355 g/mol. The Morgan fingerprint density at radius 1 is 1.25 bits per heavy atom. The number of aromatic nitrogens is 1. The highest BCUT2D eigenvalue weighted by Crippen LogP contribution is 2.44. The predicted octanol–water partition coefficient (Wildman–Crippen LogP) is 3.73. The number of fused-ring (bicyclic) bond motifs is 1. The van der Waals surface area contributed by atoms with Gasteiger partial charge < -0.3 is 16.0 Å². The van der Waals surface area contributed by atoms with Crippen molar-refractivity contribution in [1.82, 2.24) is 10.3 Å². The molecule has 2 aliphatic rings. The Hall–Kier alpha value is -3.12. The maximum absolute atomic E-state index is 13.4. The van der Waals surface area contributed by atoms with Crippen molar-refractivity contribution in [3.05, 3.63) is 83.1 Å². The Balaban J connectivity index is 1.71. The zero-order valence-electron chi connectivity index (χ0n) is 15.3. The van der Waals surface area contributed by atoms with E-state index in [2.05, 4.69) is 15.6 Å². The van der Waals surface area contributed by atoms with Gasteiger partial charge in [0.25, 0.3) is 0 Å². The van der Waals surface area contributed by atoms with E-state index in [1.54, 1.807) is 30.5 Å². The minimum absolute atomic E-state index is 0.0215. The zero-order valence-corrected chi connectivity index (χ0v) is 15.3. The molecule has 1 unspecified atom stereocenters. The number of piperidine rings is 1. The summed E-state index contributed by atoms with van der Waals surface area (Å²) in [5.74, 6) is -0.320. The molecule has 0 radical (unpaired) electrons. The summed E-state index contributed by atoms with van der Waals surface area (Å²) < 4.78 is 13.2. The number of nitrogens with zero attached hydrogens (tertiary/aromatic N) is 1. The number of hydrogen-bond donors (Lipinski definition) is 3. The van der Waals surface area contributed by atoms with Gasteiger partial charge in [-0.25, -0.2) is 4.39 Å². The molecule has 1 aromatic heterocycles. The molecular formula is C22H21FN4O. The third-order valence-electron chi connectivity index (χ3n) is 5.40. The molecule has 28 heavy (non-hydrogen) atoms. The molecule has 0 amide bonds. The van der Waals surface area contributed by atoms with Crippen molar-refractivity contribution < 1.29 is 9.18 Å². The number of carbonyl (C=O) groups is 1. The average molecular weight is 376 g/mol. The van der Waals surface area contributed by atoms with Crippen LogP contribution in [0.5, 0.6) is 0 Å². The average Bonchev–Trinajstić information content (AvgIpc) is 2.75. The first kappa shape index (κ1) is 18.3. The SMILES string of the molecule is N=CC1=C(Nc2ccc(F)cc2)C=C2CCNCC2(C(=O)c2ccccn2)C1. The summed E-state index contributed by atoms with van der Waals surface area (Å²) in [6, 6.07) is 11.4. The smallest absolute Gasteiger partial charge is 0.192 e. The number of anilines is 1. The van der Waals surface area contributed by atoms with E-state index in [1.165, 1.54) is 18.3 Å². The Bertz CT molecular complexity index is 966. The predicted molar refractivity (Wildman–Crippen MR) is 107 cm³/mol. The Morgan fingerprint density at radius 2 is 2.07 bits per heavy atom. The van der Waals surface area contributed by atoms with E-state index in [0.717, 1.165) is 35.5 Å². The van der Waals surface area contributed by atoms with E-state index >= 15 is 0 Å². The van der Waals surface area contributed by atoms with Gasteiger partial charge in [-0.1, -0.05) is 11.6 Å². The van der Waals surface area contributed by atoms with Gasteiger partial charge in [-0.15, -0.1) is 0 Å². The minimum Gasteiger partial charge on any atom is -0.355 e. The van der Waals surface area contributed by atoms with Gasteiger partial charge in [0.1, 0.15) is 11.5 Å². The summed E-state index contributed by atoms with van der Waals surface area (Å²) in [6.45, 7) is 1.32. The van der Waals surface area contributed by atoms with Gasteiger partial charge in [0.05, 0.1) is 5.41 Å². The molecule has 0 saturated carbocycles. The number of pyridine rings is 1.